The lowest BCUT2D eigenvalue weighted by Gasteiger charge is -2.12. The van der Waals surface area contributed by atoms with Gasteiger partial charge in [-0.2, -0.15) is 0 Å². The molecule has 0 fully saturated rings. The molecule has 1 N–H and O–H groups in total. The molecule has 0 saturated carbocycles. The average Bonchev–Trinajstić information content (AvgIpc) is 3.05. The van der Waals surface area contributed by atoms with E-state index in [1.54, 1.807) is 30.0 Å². The number of halogens is 1. The fourth-order valence-electron chi connectivity index (χ4n) is 2.08. The number of carbonyl (C=O) groups excluding carboxylic acids is 1. The van der Waals surface area contributed by atoms with Gasteiger partial charge in [-0.15, -0.1) is 10.2 Å². The van der Waals surface area contributed by atoms with Crippen LogP contribution in [-0.4, -0.2) is 25.9 Å². The zero-order chi connectivity index (χ0) is 16.9. The Balaban J connectivity index is 1.72. The molecule has 1 atom stereocenters. The Bertz CT molecular complexity index is 837. The van der Waals surface area contributed by atoms with Crippen molar-refractivity contribution in [1.82, 2.24) is 14.8 Å². The highest BCUT2D eigenvalue weighted by molar-refractivity contribution is 8.00. The molecule has 24 heavy (non-hydrogen) atoms. The molecule has 1 aromatic heterocycles. The van der Waals surface area contributed by atoms with Crippen molar-refractivity contribution in [1.29, 1.82) is 0 Å². The summed E-state index contributed by atoms with van der Waals surface area (Å²) in [6.07, 6.45) is 1.60. The molecule has 1 heterocycles. The molecule has 3 rings (SSSR count). The Morgan fingerprint density at radius 3 is 2.62 bits per heavy atom. The van der Waals surface area contributed by atoms with E-state index in [0.29, 0.717) is 5.16 Å². The van der Waals surface area contributed by atoms with E-state index >= 15 is 0 Å². The number of nitrogens with zero attached hydrogens (tertiary/aromatic N) is 3. The summed E-state index contributed by atoms with van der Waals surface area (Å²) in [7, 11) is 0. The van der Waals surface area contributed by atoms with Crippen molar-refractivity contribution in [2.45, 2.75) is 17.3 Å². The normalized spacial score (nSPS) is 11.9. The number of amides is 1. The van der Waals surface area contributed by atoms with E-state index in [2.05, 4.69) is 15.5 Å². The molecule has 0 saturated heterocycles. The first-order chi connectivity index (χ1) is 11.6. The van der Waals surface area contributed by atoms with E-state index in [0.717, 1.165) is 5.69 Å². The van der Waals surface area contributed by atoms with Gasteiger partial charge in [0.05, 0.1) is 10.9 Å². The van der Waals surface area contributed by atoms with Crippen molar-refractivity contribution < 1.29 is 9.18 Å². The summed E-state index contributed by atoms with van der Waals surface area (Å²) >= 11 is 1.26. The lowest BCUT2D eigenvalue weighted by Crippen LogP contribution is -2.23. The molecule has 122 valence electrons. The van der Waals surface area contributed by atoms with Gasteiger partial charge in [0, 0.05) is 5.69 Å². The lowest BCUT2D eigenvalue weighted by molar-refractivity contribution is -0.115. The zero-order valence-electron chi connectivity index (χ0n) is 12.9. The predicted octanol–water partition coefficient (Wildman–Crippen LogP) is 3.53. The molecule has 0 aliphatic rings. The SMILES string of the molecule is C[C@@H](Sc1nncn1-c1ccccc1)C(=O)Nc1ccccc1F. The highest BCUT2D eigenvalue weighted by atomic mass is 32.2. The quantitative estimate of drug-likeness (QED) is 0.721. The molecule has 5 nitrogen and oxygen atoms in total. The van der Waals surface area contributed by atoms with Crippen molar-refractivity contribution in [2.24, 2.45) is 0 Å². The minimum absolute atomic E-state index is 0.166. The first kappa shape index (κ1) is 16.2. The second-order valence-electron chi connectivity index (χ2n) is 5.05. The largest absolute Gasteiger partial charge is 0.323 e. The van der Waals surface area contributed by atoms with Gasteiger partial charge in [-0.1, -0.05) is 42.1 Å². The number of benzene rings is 2. The van der Waals surface area contributed by atoms with E-state index in [1.165, 1.54) is 23.9 Å². The molecule has 0 spiro atoms. The predicted molar refractivity (Wildman–Crippen MR) is 91.7 cm³/mol. The van der Waals surface area contributed by atoms with Crippen molar-refractivity contribution >= 4 is 23.4 Å². The molecule has 0 aliphatic heterocycles. The van der Waals surface area contributed by atoms with Crippen LogP contribution in [0.15, 0.2) is 66.1 Å². The maximum absolute atomic E-state index is 13.6. The smallest absolute Gasteiger partial charge is 0.237 e. The molecule has 3 aromatic rings. The Hall–Kier alpha value is -2.67. The van der Waals surface area contributed by atoms with Crippen LogP contribution in [0.4, 0.5) is 10.1 Å². The summed E-state index contributed by atoms with van der Waals surface area (Å²) in [4.78, 5) is 12.3. The van der Waals surface area contributed by atoms with Crippen LogP contribution in [0, 0.1) is 5.82 Å². The van der Waals surface area contributed by atoms with Crippen LogP contribution in [0.25, 0.3) is 5.69 Å². The Morgan fingerprint density at radius 1 is 1.17 bits per heavy atom. The lowest BCUT2D eigenvalue weighted by atomic mass is 10.3. The monoisotopic (exact) mass is 342 g/mol. The van der Waals surface area contributed by atoms with Crippen molar-refractivity contribution in [2.75, 3.05) is 5.32 Å². The van der Waals surface area contributed by atoms with Gasteiger partial charge in [0.15, 0.2) is 5.16 Å². The number of carbonyl (C=O) groups is 1. The summed E-state index contributed by atoms with van der Waals surface area (Å²) in [6, 6.07) is 15.7. The van der Waals surface area contributed by atoms with Gasteiger partial charge in [-0.05, 0) is 31.2 Å². The van der Waals surface area contributed by atoms with Gasteiger partial charge < -0.3 is 5.32 Å². The molecule has 7 heteroatoms. The highest BCUT2D eigenvalue weighted by Crippen LogP contribution is 2.25. The standard InChI is InChI=1S/C17H15FN4OS/c1-12(16(23)20-15-10-6-5-9-14(15)18)24-17-21-19-11-22(17)13-7-3-2-4-8-13/h2-12H,1H3,(H,20,23)/t12-/m1/s1. The average molecular weight is 342 g/mol. The van der Waals surface area contributed by atoms with Gasteiger partial charge >= 0.3 is 0 Å². The molecule has 2 aromatic carbocycles. The fourth-order valence-corrected chi connectivity index (χ4v) is 2.92. The van der Waals surface area contributed by atoms with Crippen LogP contribution in [0.2, 0.25) is 0 Å². The maximum Gasteiger partial charge on any atom is 0.237 e. The Morgan fingerprint density at radius 2 is 1.88 bits per heavy atom. The first-order valence-corrected chi connectivity index (χ1v) is 8.20. The summed E-state index contributed by atoms with van der Waals surface area (Å²) < 4.78 is 15.4. The molecule has 0 radical (unpaired) electrons. The van der Waals surface area contributed by atoms with E-state index in [1.807, 2.05) is 30.3 Å². The Kier molecular flexibility index (Phi) is 4.90. The zero-order valence-corrected chi connectivity index (χ0v) is 13.7. The number of anilines is 1. The minimum Gasteiger partial charge on any atom is -0.323 e. The molecule has 0 aliphatic carbocycles. The van der Waals surface area contributed by atoms with Gasteiger partial charge in [0.1, 0.15) is 12.1 Å². The first-order valence-electron chi connectivity index (χ1n) is 7.32. The van der Waals surface area contributed by atoms with Crippen LogP contribution in [0.1, 0.15) is 6.92 Å². The summed E-state index contributed by atoms with van der Waals surface area (Å²) in [5.74, 6) is -0.761. The summed E-state index contributed by atoms with van der Waals surface area (Å²) in [5.41, 5.74) is 1.08. The molecular weight excluding hydrogens is 327 g/mol. The molecular formula is C17H15FN4OS. The van der Waals surface area contributed by atoms with E-state index in [4.69, 9.17) is 0 Å². The van der Waals surface area contributed by atoms with Gasteiger partial charge in [-0.25, -0.2) is 4.39 Å². The third kappa shape index (κ3) is 3.62. The Labute approximate surface area is 142 Å². The summed E-state index contributed by atoms with van der Waals surface area (Å²) in [5, 5.41) is 10.7. The number of para-hydroxylation sites is 2. The van der Waals surface area contributed by atoms with E-state index in [-0.39, 0.29) is 11.6 Å². The maximum atomic E-state index is 13.6. The van der Waals surface area contributed by atoms with E-state index in [9.17, 15) is 9.18 Å². The van der Waals surface area contributed by atoms with Crippen molar-refractivity contribution in [3.63, 3.8) is 0 Å². The van der Waals surface area contributed by atoms with Crippen LogP contribution >= 0.6 is 11.8 Å². The molecule has 0 bridgehead atoms. The van der Waals surface area contributed by atoms with E-state index < -0.39 is 11.1 Å². The van der Waals surface area contributed by atoms with Crippen LogP contribution in [0.5, 0.6) is 0 Å². The number of aromatic nitrogens is 3. The van der Waals surface area contributed by atoms with Crippen molar-refractivity contribution in [3.8, 4) is 5.69 Å². The third-order valence-corrected chi connectivity index (χ3v) is 4.39. The topological polar surface area (TPSA) is 59.8 Å². The molecule has 0 unspecified atom stereocenters. The number of rotatable bonds is 5. The second-order valence-corrected chi connectivity index (χ2v) is 6.36. The van der Waals surface area contributed by atoms with Gasteiger partial charge in [0.2, 0.25) is 5.91 Å². The second kappa shape index (κ2) is 7.27. The van der Waals surface area contributed by atoms with Gasteiger partial charge in [0.25, 0.3) is 0 Å². The molecule has 1 amide bonds. The van der Waals surface area contributed by atoms with Crippen molar-refractivity contribution in [3.05, 3.63) is 66.7 Å². The van der Waals surface area contributed by atoms with Crippen LogP contribution in [-0.2, 0) is 4.79 Å². The number of nitrogens with one attached hydrogen (secondary N) is 1. The fraction of sp³-hybridized carbons (Fsp3) is 0.118. The number of hydrogen-bond donors (Lipinski definition) is 1. The number of hydrogen-bond acceptors (Lipinski definition) is 4. The van der Waals surface area contributed by atoms with Gasteiger partial charge in [-0.3, -0.25) is 9.36 Å². The number of thioether (sulfide) groups is 1. The third-order valence-electron chi connectivity index (χ3n) is 3.33. The highest BCUT2D eigenvalue weighted by Gasteiger charge is 2.19. The van der Waals surface area contributed by atoms with Crippen LogP contribution in [0.3, 0.4) is 0 Å². The van der Waals surface area contributed by atoms with Crippen LogP contribution < -0.4 is 5.32 Å². The minimum atomic E-state index is -0.462. The summed E-state index contributed by atoms with van der Waals surface area (Å²) in [6.45, 7) is 1.74.